The summed E-state index contributed by atoms with van der Waals surface area (Å²) < 4.78 is 13.6. The van der Waals surface area contributed by atoms with Crippen LogP contribution in [0.25, 0.3) is 0 Å². The molecule has 1 heterocycles. The fourth-order valence-electron chi connectivity index (χ4n) is 1.64. The Kier molecular flexibility index (Phi) is 3.58. The van der Waals surface area contributed by atoms with Gasteiger partial charge in [0.05, 0.1) is 23.2 Å². The first kappa shape index (κ1) is 12.5. The molecule has 0 saturated carbocycles. The fraction of sp³-hybridized carbons (Fsp3) is 0.231. The molecule has 0 amide bonds. The third kappa shape index (κ3) is 2.49. The Hall–Kier alpha value is -1.93. The third-order valence-corrected chi connectivity index (χ3v) is 3.68. The molecule has 1 aromatic carbocycles. The molecule has 1 aromatic heterocycles. The van der Waals surface area contributed by atoms with Crippen molar-refractivity contribution in [1.82, 2.24) is 4.98 Å². The summed E-state index contributed by atoms with van der Waals surface area (Å²) in [7, 11) is 0. The lowest BCUT2D eigenvalue weighted by Crippen LogP contribution is -2.07. The molecule has 2 aromatic rings. The van der Waals surface area contributed by atoms with Crippen molar-refractivity contribution in [3.8, 4) is 6.07 Å². The fourth-order valence-corrected chi connectivity index (χ4v) is 2.27. The predicted octanol–water partition coefficient (Wildman–Crippen LogP) is 3.64. The first-order valence-corrected chi connectivity index (χ1v) is 6.35. The van der Waals surface area contributed by atoms with Gasteiger partial charge in [0.25, 0.3) is 0 Å². The highest BCUT2D eigenvalue weighted by Gasteiger charge is 2.11. The monoisotopic (exact) mass is 261 g/mol. The minimum atomic E-state index is -0.368. The largest absolute Gasteiger partial charge is 0.377 e. The quantitative estimate of drug-likeness (QED) is 0.917. The smallest absolute Gasteiger partial charge is 0.129 e. The first-order chi connectivity index (χ1) is 8.61. The minimum Gasteiger partial charge on any atom is -0.377 e. The lowest BCUT2D eigenvalue weighted by atomic mass is 10.1. The summed E-state index contributed by atoms with van der Waals surface area (Å²) in [6.45, 7) is 3.67. The zero-order chi connectivity index (χ0) is 13.1. The van der Waals surface area contributed by atoms with Crippen LogP contribution in [0.15, 0.2) is 23.8 Å². The van der Waals surface area contributed by atoms with Gasteiger partial charge in [-0.25, -0.2) is 4.39 Å². The van der Waals surface area contributed by atoms with Crippen molar-refractivity contribution in [2.45, 2.75) is 19.9 Å². The van der Waals surface area contributed by atoms with Crippen molar-refractivity contribution in [2.24, 2.45) is 0 Å². The van der Waals surface area contributed by atoms with Crippen LogP contribution in [-0.4, -0.2) is 4.98 Å². The summed E-state index contributed by atoms with van der Waals surface area (Å²) in [5.74, 6) is -0.368. The number of nitriles is 1. The van der Waals surface area contributed by atoms with E-state index >= 15 is 0 Å². The summed E-state index contributed by atoms with van der Waals surface area (Å²) in [4.78, 5) is 5.08. The number of benzene rings is 1. The summed E-state index contributed by atoms with van der Waals surface area (Å²) in [6.07, 6.45) is 1.78. The number of halogens is 1. The predicted molar refractivity (Wildman–Crippen MR) is 70.0 cm³/mol. The van der Waals surface area contributed by atoms with Crippen molar-refractivity contribution in [3.05, 3.63) is 45.7 Å². The highest BCUT2D eigenvalue weighted by atomic mass is 32.1. The molecule has 0 spiro atoms. The van der Waals surface area contributed by atoms with Crippen molar-refractivity contribution in [2.75, 3.05) is 5.32 Å². The van der Waals surface area contributed by atoms with Crippen LogP contribution in [0.3, 0.4) is 0 Å². The first-order valence-electron chi connectivity index (χ1n) is 5.47. The molecule has 1 N–H and O–H groups in total. The van der Waals surface area contributed by atoms with Gasteiger partial charge in [-0.1, -0.05) is 0 Å². The van der Waals surface area contributed by atoms with Gasteiger partial charge in [0.15, 0.2) is 0 Å². The van der Waals surface area contributed by atoms with E-state index in [-0.39, 0.29) is 11.9 Å². The van der Waals surface area contributed by atoms with E-state index in [1.165, 1.54) is 17.4 Å². The maximum atomic E-state index is 13.6. The Morgan fingerprint density at radius 2 is 2.28 bits per heavy atom. The normalized spacial score (nSPS) is 11.9. The molecule has 0 aliphatic rings. The number of thiazole rings is 1. The van der Waals surface area contributed by atoms with Crippen molar-refractivity contribution < 1.29 is 4.39 Å². The molecule has 0 saturated heterocycles. The molecule has 92 valence electrons. The summed E-state index contributed by atoms with van der Waals surface area (Å²) >= 11 is 1.54. The second-order valence-corrected chi connectivity index (χ2v) is 4.93. The van der Waals surface area contributed by atoms with Crippen LogP contribution in [0.2, 0.25) is 0 Å². The second-order valence-electron chi connectivity index (χ2n) is 4.01. The van der Waals surface area contributed by atoms with Crippen LogP contribution in [0, 0.1) is 24.1 Å². The maximum Gasteiger partial charge on any atom is 0.129 e. The van der Waals surface area contributed by atoms with Crippen molar-refractivity contribution in [3.63, 3.8) is 0 Å². The number of aromatic nitrogens is 1. The number of hydrogen-bond acceptors (Lipinski definition) is 4. The molecule has 2 rings (SSSR count). The van der Waals surface area contributed by atoms with Gasteiger partial charge in [0.1, 0.15) is 5.82 Å². The number of nitrogens with zero attached hydrogens (tertiary/aromatic N) is 2. The van der Waals surface area contributed by atoms with Gasteiger partial charge >= 0.3 is 0 Å². The molecular weight excluding hydrogens is 249 g/mol. The highest BCUT2D eigenvalue weighted by Crippen LogP contribution is 2.26. The molecule has 3 nitrogen and oxygen atoms in total. The molecule has 0 aliphatic heterocycles. The van der Waals surface area contributed by atoms with E-state index in [1.807, 2.05) is 13.0 Å². The van der Waals surface area contributed by atoms with Crippen LogP contribution in [0.4, 0.5) is 10.1 Å². The van der Waals surface area contributed by atoms with Crippen LogP contribution in [0.1, 0.15) is 29.0 Å². The van der Waals surface area contributed by atoms with Gasteiger partial charge in [0.2, 0.25) is 0 Å². The Bertz CT molecular complexity index is 587. The number of rotatable bonds is 3. The molecule has 0 radical (unpaired) electrons. The van der Waals surface area contributed by atoms with Gasteiger partial charge in [-0.2, -0.15) is 5.26 Å². The van der Waals surface area contributed by atoms with Crippen LogP contribution >= 0.6 is 11.3 Å². The Balaban J connectivity index is 2.29. The SMILES string of the molecule is Cc1c(F)cc(C#N)cc1NC(C)c1cncs1. The minimum absolute atomic E-state index is 0.0320. The topological polar surface area (TPSA) is 48.7 Å². The van der Waals surface area contributed by atoms with Gasteiger partial charge in [-0.05, 0) is 26.0 Å². The van der Waals surface area contributed by atoms with Gasteiger partial charge in [-0.15, -0.1) is 11.3 Å². The van der Waals surface area contributed by atoms with Crippen molar-refractivity contribution >= 4 is 17.0 Å². The lowest BCUT2D eigenvalue weighted by Gasteiger charge is -2.16. The standard InChI is InChI=1S/C13H12FN3S/c1-8-11(14)3-10(5-15)4-12(8)17-9(2)13-6-16-7-18-13/h3-4,6-7,9,17H,1-2H3. The van der Waals surface area contributed by atoms with Crippen molar-refractivity contribution in [1.29, 1.82) is 5.26 Å². The number of nitrogens with one attached hydrogen (secondary N) is 1. The molecule has 1 atom stereocenters. The highest BCUT2D eigenvalue weighted by molar-refractivity contribution is 7.09. The Morgan fingerprint density at radius 3 is 2.89 bits per heavy atom. The molecular formula is C13H12FN3S. The molecule has 18 heavy (non-hydrogen) atoms. The van der Waals surface area contributed by atoms with Crippen LogP contribution in [0.5, 0.6) is 0 Å². The number of hydrogen-bond donors (Lipinski definition) is 1. The summed E-state index contributed by atoms with van der Waals surface area (Å²) in [6, 6.07) is 4.90. The Morgan fingerprint density at radius 1 is 1.50 bits per heavy atom. The van der Waals surface area contributed by atoms with E-state index in [0.29, 0.717) is 16.8 Å². The van der Waals surface area contributed by atoms with E-state index in [0.717, 1.165) is 4.88 Å². The molecule has 0 bridgehead atoms. The summed E-state index contributed by atoms with van der Waals surface area (Å²) in [5.41, 5.74) is 3.24. The molecule has 0 aliphatic carbocycles. The molecule has 1 unspecified atom stereocenters. The van der Waals surface area contributed by atoms with E-state index in [9.17, 15) is 4.39 Å². The van der Waals surface area contributed by atoms with E-state index < -0.39 is 0 Å². The van der Waals surface area contributed by atoms with Crippen LogP contribution < -0.4 is 5.32 Å². The second kappa shape index (κ2) is 5.15. The zero-order valence-corrected chi connectivity index (χ0v) is 10.9. The van der Waals surface area contributed by atoms with Gasteiger partial charge in [-0.3, -0.25) is 4.98 Å². The van der Waals surface area contributed by atoms with E-state index in [4.69, 9.17) is 5.26 Å². The zero-order valence-electron chi connectivity index (χ0n) is 10.1. The van der Waals surface area contributed by atoms with Gasteiger partial charge in [0, 0.05) is 22.3 Å². The maximum absolute atomic E-state index is 13.6. The van der Waals surface area contributed by atoms with E-state index in [1.54, 1.807) is 24.7 Å². The molecule has 0 fully saturated rings. The van der Waals surface area contributed by atoms with E-state index in [2.05, 4.69) is 10.3 Å². The summed E-state index contributed by atoms with van der Waals surface area (Å²) in [5, 5.41) is 12.1. The Labute approximate surface area is 109 Å². The lowest BCUT2D eigenvalue weighted by molar-refractivity contribution is 0.618. The third-order valence-electron chi connectivity index (χ3n) is 2.72. The number of anilines is 1. The average Bonchev–Trinajstić information content (AvgIpc) is 2.88. The molecule has 5 heteroatoms. The van der Waals surface area contributed by atoms with Gasteiger partial charge < -0.3 is 5.32 Å². The van der Waals surface area contributed by atoms with Crippen LogP contribution in [-0.2, 0) is 0 Å². The average molecular weight is 261 g/mol.